The molecule has 5 aromatic rings. The molecule has 0 aliphatic carbocycles. The molecule has 9 heteroatoms. The van der Waals surface area contributed by atoms with E-state index in [-0.39, 0.29) is 27.6 Å². The third-order valence-corrected chi connectivity index (χ3v) is 7.53. The smallest absolute Gasteiger partial charge is 0.326 e. The number of para-hydroxylation sites is 1. The topological polar surface area (TPSA) is 101 Å². The highest BCUT2D eigenvalue weighted by Gasteiger charge is 2.25. The molecule has 7 nitrogen and oxygen atoms in total. The Morgan fingerprint density at radius 1 is 0.974 bits per heavy atom. The van der Waals surface area contributed by atoms with Crippen LogP contribution >= 0.6 is 23.2 Å². The molecule has 0 aliphatic rings. The number of aliphatic carboxylic acids is 1. The summed E-state index contributed by atoms with van der Waals surface area (Å²) >= 11 is 12.3. The third kappa shape index (κ3) is 4.75. The number of halogens is 2. The van der Waals surface area contributed by atoms with Gasteiger partial charge in [0, 0.05) is 30.4 Å². The summed E-state index contributed by atoms with van der Waals surface area (Å²) in [5.74, 6) is -1.92. The van der Waals surface area contributed by atoms with Gasteiger partial charge in [-0.15, -0.1) is 0 Å². The minimum absolute atomic E-state index is 0.00744. The fourth-order valence-corrected chi connectivity index (χ4v) is 5.52. The third-order valence-electron chi connectivity index (χ3n) is 6.90. The van der Waals surface area contributed by atoms with Crippen molar-refractivity contribution < 1.29 is 14.7 Å². The number of carboxylic acids is 1. The monoisotopic (exact) mass is 559 g/mol. The summed E-state index contributed by atoms with van der Waals surface area (Å²) in [6.07, 6.45) is 1.56. The Bertz CT molecular complexity index is 1830. The molecule has 1 unspecified atom stereocenters. The van der Waals surface area contributed by atoms with Crippen LogP contribution in [0.1, 0.15) is 21.5 Å². The van der Waals surface area contributed by atoms with Crippen molar-refractivity contribution in [3.63, 3.8) is 0 Å². The Kier molecular flexibility index (Phi) is 7.12. The SMILES string of the molecule is Cc1c(-c2ccc(CC(NC(=O)c3c(Cl)cccc3Cl)C(=O)O)c3ncccc23)c(=O)n(C)c2ccccc12. The zero-order chi connectivity index (χ0) is 27.8. The van der Waals surface area contributed by atoms with Crippen LogP contribution in [0.5, 0.6) is 0 Å². The van der Waals surface area contributed by atoms with Crippen LogP contribution in [0.4, 0.5) is 0 Å². The normalized spacial score (nSPS) is 12.0. The lowest BCUT2D eigenvalue weighted by molar-refractivity contribution is -0.139. The Hall–Kier alpha value is -4.20. The second-order valence-electron chi connectivity index (χ2n) is 9.22. The lowest BCUT2D eigenvalue weighted by Gasteiger charge is -2.18. The quantitative estimate of drug-likeness (QED) is 0.274. The van der Waals surface area contributed by atoms with Crippen molar-refractivity contribution >= 4 is 56.9 Å². The van der Waals surface area contributed by atoms with Crippen LogP contribution in [-0.2, 0) is 18.3 Å². The molecule has 2 N–H and O–H groups in total. The number of carbonyl (C=O) groups excluding carboxylic acids is 1. The van der Waals surface area contributed by atoms with E-state index in [0.717, 1.165) is 16.5 Å². The first-order chi connectivity index (χ1) is 18.7. The molecule has 0 aliphatic heterocycles. The fraction of sp³-hybridized carbons (Fsp3) is 0.133. The van der Waals surface area contributed by atoms with Crippen LogP contribution in [0, 0.1) is 6.92 Å². The van der Waals surface area contributed by atoms with Crippen molar-refractivity contribution in [2.45, 2.75) is 19.4 Å². The summed E-state index contributed by atoms with van der Waals surface area (Å²) in [6, 6.07) is 18.2. The Morgan fingerprint density at radius 3 is 2.38 bits per heavy atom. The van der Waals surface area contributed by atoms with E-state index < -0.39 is 17.9 Å². The maximum atomic E-state index is 13.5. The van der Waals surface area contributed by atoms with Crippen molar-refractivity contribution in [1.29, 1.82) is 0 Å². The molecular formula is C30H23Cl2N3O4. The summed E-state index contributed by atoms with van der Waals surface area (Å²) in [5.41, 5.74) is 3.94. The lowest BCUT2D eigenvalue weighted by Crippen LogP contribution is -2.42. The van der Waals surface area contributed by atoms with E-state index in [0.29, 0.717) is 27.6 Å². The molecule has 0 saturated heterocycles. The minimum atomic E-state index is -1.28. The van der Waals surface area contributed by atoms with E-state index in [1.165, 1.54) is 12.1 Å². The number of hydrogen-bond acceptors (Lipinski definition) is 4. The van der Waals surface area contributed by atoms with E-state index in [9.17, 15) is 19.5 Å². The van der Waals surface area contributed by atoms with Crippen LogP contribution in [-0.4, -0.2) is 32.6 Å². The van der Waals surface area contributed by atoms with Crippen molar-refractivity contribution in [3.05, 3.63) is 110 Å². The predicted molar refractivity (Wildman–Crippen MR) is 154 cm³/mol. The van der Waals surface area contributed by atoms with Gasteiger partial charge in [-0.25, -0.2) is 4.79 Å². The number of carboxylic acid groups (broad SMARTS) is 1. The molecule has 39 heavy (non-hydrogen) atoms. The van der Waals surface area contributed by atoms with Crippen LogP contribution in [0.3, 0.4) is 0 Å². The number of benzene rings is 3. The average molecular weight is 560 g/mol. The molecule has 1 amide bonds. The van der Waals surface area contributed by atoms with Gasteiger partial charge in [0.15, 0.2) is 0 Å². The highest BCUT2D eigenvalue weighted by molar-refractivity contribution is 6.39. The number of hydrogen-bond donors (Lipinski definition) is 2. The van der Waals surface area contributed by atoms with Gasteiger partial charge in [0.2, 0.25) is 0 Å². The molecule has 5 rings (SSSR count). The molecular weight excluding hydrogens is 537 g/mol. The highest BCUT2D eigenvalue weighted by atomic mass is 35.5. The average Bonchev–Trinajstić information content (AvgIpc) is 2.92. The number of nitrogens with zero attached hydrogens (tertiary/aromatic N) is 2. The molecule has 0 saturated carbocycles. The maximum Gasteiger partial charge on any atom is 0.326 e. The first-order valence-corrected chi connectivity index (χ1v) is 12.9. The van der Waals surface area contributed by atoms with Crippen molar-refractivity contribution in [3.8, 4) is 11.1 Å². The van der Waals surface area contributed by atoms with Gasteiger partial charge in [0.1, 0.15) is 6.04 Å². The second kappa shape index (κ2) is 10.5. The Labute approximate surface area is 233 Å². The summed E-state index contributed by atoms with van der Waals surface area (Å²) in [6.45, 7) is 1.92. The van der Waals surface area contributed by atoms with Gasteiger partial charge >= 0.3 is 5.97 Å². The molecule has 2 heterocycles. The molecule has 3 aromatic carbocycles. The van der Waals surface area contributed by atoms with E-state index in [4.69, 9.17) is 23.2 Å². The molecule has 1 atom stereocenters. The van der Waals surface area contributed by atoms with Crippen molar-refractivity contribution in [1.82, 2.24) is 14.9 Å². The minimum Gasteiger partial charge on any atom is -0.480 e. The first kappa shape index (κ1) is 26.4. The van der Waals surface area contributed by atoms with Gasteiger partial charge in [0.05, 0.1) is 32.2 Å². The molecule has 0 fully saturated rings. The number of rotatable bonds is 6. The number of carbonyl (C=O) groups is 2. The van der Waals surface area contributed by atoms with E-state index in [2.05, 4.69) is 10.3 Å². The largest absolute Gasteiger partial charge is 0.480 e. The Balaban J connectivity index is 1.59. The maximum absolute atomic E-state index is 13.5. The van der Waals surface area contributed by atoms with Crippen LogP contribution in [0.25, 0.3) is 32.9 Å². The lowest BCUT2D eigenvalue weighted by atomic mass is 9.92. The van der Waals surface area contributed by atoms with Gasteiger partial charge in [-0.05, 0) is 47.9 Å². The van der Waals surface area contributed by atoms with E-state index >= 15 is 0 Å². The van der Waals surface area contributed by atoms with Gasteiger partial charge in [0.25, 0.3) is 11.5 Å². The number of amides is 1. The van der Waals surface area contributed by atoms with Crippen molar-refractivity contribution in [2.24, 2.45) is 7.05 Å². The summed E-state index contributed by atoms with van der Waals surface area (Å²) in [7, 11) is 1.74. The summed E-state index contributed by atoms with van der Waals surface area (Å²) < 4.78 is 1.63. The van der Waals surface area contributed by atoms with Crippen LogP contribution in [0.2, 0.25) is 10.0 Å². The fourth-order valence-electron chi connectivity index (χ4n) is 4.95. The van der Waals surface area contributed by atoms with Gasteiger partial charge in [-0.2, -0.15) is 0 Å². The molecule has 0 spiro atoms. The molecule has 0 radical (unpaired) electrons. The number of fused-ring (bicyclic) bond motifs is 2. The van der Waals surface area contributed by atoms with Gasteiger partial charge < -0.3 is 15.0 Å². The van der Waals surface area contributed by atoms with E-state index in [1.54, 1.807) is 36.0 Å². The van der Waals surface area contributed by atoms with E-state index in [1.807, 2.05) is 43.3 Å². The zero-order valence-electron chi connectivity index (χ0n) is 21.0. The molecule has 0 bridgehead atoms. The van der Waals surface area contributed by atoms with Gasteiger partial charge in [-0.1, -0.05) is 65.7 Å². The summed E-state index contributed by atoms with van der Waals surface area (Å²) in [5, 5.41) is 14.4. The number of pyridine rings is 2. The highest BCUT2D eigenvalue weighted by Crippen LogP contribution is 2.33. The van der Waals surface area contributed by atoms with Gasteiger partial charge in [-0.3, -0.25) is 14.6 Å². The summed E-state index contributed by atoms with van der Waals surface area (Å²) in [4.78, 5) is 43.1. The number of nitrogens with one attached hydrogen (secondary N) is 1. The Morgan fingerprint density at radius 2 is 1.67 bits per heavy atom. The molecule has 2 aromatic heterocycles. The van der Waals surface area contributed by atoms with Crippen LogP contribution < -0.4 is 10.9 Å². The van der Waals surface area contributed by atoms with Crippen LogP contribution in [0.15, 0.2) is 77.7 Å². The van der Waals surface area contributed by atoms with Crippen molar-refractivity contribution in [2.75, 3.05) is 0 Å². The zero-order valence-corrected chi connectivity index (χ0v) is 22.5. The number of aryl methyl sites for hydroxylation is 2. The first-order valence-electron chi connectivity index (χ1n) is 12.1. The standard InChI is InChI=1S/C30H23Cl2N3O4/c1-16-18-7-3-4-11-24(18)35(2)29(37)25(16)19-13-12-17(27-20(19)8-6-14-33-27)15-23(30(38)39)34-28(36)26-21(31)9-5-10-22(26)32/h3-14,23H,15H2,1-2H3,(H,34,36)(H,38,39). The second-order valence-corrected chi connectivity index (χ2v) is 10.0. The molecule has 196 valence electrons. The number of aromatic nitrogens is 2. The predicted octanol–water partition coefficient (Wildman–Crippen LogP) is 5.79.